The maximum atomic E-state index is 9.49. The van der Waals surface area contributed by atoms with E-state index in [-0.39, 0.29) is 18.1 Å². The Labute approximate surface area is 77.3 Å². The van der Waals surface area contributed by atoms with E-state index < -0.39 is 5.41 Å². The summed E-state index contributed by atoms with van der Waals surface area (Å²) in [7, 11) is 0. The molecule has 0 saturated heterocycles. The maximum absolute atomic E-state index is 9.49. The normalized spacial score (nSPS) is 11.6. The van der Waals surface area contributed by atoms with Crippen molar-refractivity contribution in [2.45, 2.75) is 19.3 Å². The van der Waals surface area contributed by atoms with Gasteiger partial charge in [-0.2, -0.15) is 0 Å². The molecule has 3 nitrogen and oxygen atoms in total. The van der Waals surface area contributed by atoms with Gasteiger partial charge in [0.05, 0.1) is 6.61 Å². The maximum Gasteiger partial charge on any atom is 0.123 e. The summed E-state index contributed by atoms with van der Waals surface area (Å²) in [5.74, 6) is 0.0361. The second kappa shape index (κ2) is 3.26. The molecule has 3 N–H and O–H groups in total. The van der Waals surface area contributed by atoms with E-state index in [0.717, 1.165) is 0 Å². The minimum Gasteiger partial charge on any atom is -0.508 e. The minimum absolute atomic E-state index is 0.0130. The number of aromatic hydroxyl groups is 2. The lowest BCUT2D eigenvalue weighted by Crippen LogP contribution is -2.21. The van der Waals surface area contributed by atoms with Gasteiger partial charge < -0.3 is 15.3 Å². The Bertz CT molecular complexity index is 305. The summed E-state index contributed by atoms with van der Waals surface area (Å²) in [5, 5.41) is 27.6. The van der Waals surface area contributed by atoms with Crippen molar-refractivity contribution in [3.63, 3.8) is 0 Å². The number of aliphatic hydroxyl groups is 1. The first-order valence-electron chi connectivity index (χ1n) is 4.11. The molecule has 13 heavy (non-hydrogen) atoms. The van der Waals surface area contributed by atoms with Crippen molar-refractivity contribution >= 4 is 0 Å². The molecule has 72 valence electrons. The lowest BCUT2D eigenvalue weighted by Gasteiger charge is -2.23. The van der Waals surface area contributed by atoms with Crippen molar-refractivity contribution in [1.29, 1.82) is 0 Å². The van der Waals surface area contributed by atoms with E-state index in [1.165, 1.54) is 12.1 Å². The molecule has 3 heteroatoms. The Morgan fingerprint density at radius 3 is 2.31 bits per heavy atom. The summed E-state index contributed by atoms with van der Waals surface area (Å²) in [5.41, 5.74) is 0.144. The standard InChI is InChI=1S/C10H14O3/c1-10(2,6-11)8-4-3-7(12)5-9(8)13/h3-5,11-13H,6H2,1-2H3. The molecule has 0 aliphatic carbocycles. The third-order valence-electron chi connectivity index (χ3n) is 2.11. The first kappa shape index (κ1) is 9.86. The largest absolute Gasteiger partial charge is 0.508 e. The molecule has 0 atom stereocenters. The van der Waals surface area contributed by atoms with Gasteiger partial charge >= 0.3 is 0 Å². The molecule has 0 unspecified atom stereocenters. The zero-order chi connectivity index (χ0) is 10.1. The fourth-order valence-electron chi connectivity index (χ4n) is 1.18. The van der Waals surface area contributed by atoms with Gasteiger partial charge in [0.15, 0.2) is 0 Å². The lowest BCUT2D eigenvalue weighted by atomic mass is 9.85. The second-order valence-electron chi connectivity index (χ2n) is 3.74. The molecular weight excluding hydrogens is 168 g/mol. The molecule has 0 aliphatic rings. The van der Waals surface area contributed by atoms with Crippen molar-refractivity contribution in [3.05, 3.63) is 23.8 Å². The van der Waals surface area contributed by atoms with Crippen LogP contribution in [0.15, 0.2) is 18.2 Å². The molecule has 0 amide bonds. The van der Waals surface area contributed by atoms with E-state index in [0.29, 0.717) is 5.56 Å². The number of rotatable bonds is 2. The quantitative estimate of drug-likeness (QED) is 0.647. The van der Waals surface area contributed by atoms with Crippen molar-refractivity contribution in [1.82, 2.24) is 0 Å². The molecule has 1 aromatic carbocycles. The average Bonchev–Trinajstić information content (AvgIpc) is 2.03. The highest BCUT2D eigenvalue weighted by atomic mass is 16.3. The highest BCUT2D eigenvalue weighted by Gasteiger charge is 2.22. The summed E-state index contributed by atoms with van der Waals surface area (Å²) in [4.78, 5) is 0. The second-order valence-corrected chi connectivity index (χ2v) is 3.74. The van der Waals surface area contributed by atoms with Crippen LogP contribution >= 0.6 is 0 Å². The molecule has 1 rings (SSSR count). The van der Waals surface area contributed by atoms with E-state index >= 15 is 0 Å². The zero-order valence-electron chi connectivity index (χ0n) is 7.78. The minimum atomic E-state index is -0.488. The Morgan fingerprint density at radius 1 is 1.23 bits per heavy atom. The van der Waals surface area contributed by atoms with Crippen LogP contribution in [-0.4, -0.2) is 21.9 Å². The van der Waals surface area contributed by atoms with Crippen LogP contribution < -0.4 is 0 Å². The van der Waals surface area contributed by atoms with Gasteiger partial charge in [-0.15, -0.1) is 0 Å². The van der Waals surface area contributed by atoms with Crippen LogP contribution in [0.3, 0.4) is 0 Å². The lowest BCUT2D eigenvalue weighted by molar-refractivity contribution is 0.215. The Morgan fingerprint density at radius 2 is 1.85 bits per heavy atom. The van der Waals surface area contributed by atoms with Gasteiger partial charge in [-0.05, 0) is 6.07 Å². The zero-order valence-corrected chi connectivity index (χ0v) is 7.78. The summed E-state index contributed by atoms with van der Waals surface area (Å²) < 4.78 is 0. The smallest absolute Gasteiger partial charge is 0.123 e. The Kier molecular flexibility index (Phi) is 2.48. The predicted molar refractivity (Wildman–Crippen MR) is 49.9 cm³/mol. The topological polar surface area (TPSA) is 60.7 Å². The fraction of sp³-hybridized carbons (Fsp3) is 0.400. The van der Waals surface area contributed by atoms with Crippen molar-refractivity contribution in [2.75, 3.05) is 6.61 Å². The third-order valence-corrected chi connectivity index (χ3v) is 2.11. The van der Waals surface area contributed by atoms with Gasteiger partial charge in [-0.3, -0.25) is 0 Å². The van der Waals surface area contributed by atoms with E-state index in [2.05, 4.69) is 0 Å². The highest BCUT2D eigenvalue weighted by Crippen LogP contribution is 2.32. The average molecular weight is 182 g/mol. The van der Waals surface area contributed by atoms with Gasteiger partial charge in [0.2, 0.25) is 0 Å². The molecule has 0 spiro atoms. The number of hydrogen-bond acceptors (Lipinski definition) is 3. The van der Waals surface area contributed by atoms with Crippen LogP contribution in [0.5, 0.6) is 11.5 Å². The number of aliphatic hydroxyl groups excluding tert-OH is 1. The summed E-state index contributed by atoms with van der Waals surface area (Å²) in [6, 6.07) is 4.38. The SMILES string of the molecule is CC(C)(CO)c1ccc(O)cc1O. The number of phenols is 2. The monoisotopic (exact) mass is 182 g/mol. The Balaban J connectivity index is 3.16. The van der Waals surface area contributed by atoms with E-state index in [1.807, 2.05) is 13.8 Å². The fourth-order valence-corrected chi connectivity index (χ4v) is 1.18. The first-order chi connectivity index (χ1) is 5.97. The molecule has 0 fully saturated rings. The summed E-state index contributed by atoms with van der Waals surface area (Å²) >= 11 is 0. The number of benzene rings is 1. The summed E-state index contributed by atoms with van der Waals surface area (Å²) in [6.07, 6.45) is 0. The van der Waals surface area contributed by atoms with Crippen LogP contribution in [-0.2, 0) is 5.41 Å². The summed E-state index contributed by atoms with van der Waals surface area (Å²) in [6.45, 7) is 3.59. The van der Waals surface area contributed by atoms with Gasteiger partial charge in [0.1, 0.15) is 11.5 Å². The van der Waals surface area contributed by atoms with Gasteiger partial charge in [0, 0.05) is 17.0 Å². The van der Waals surface area contributed by atoms with E-state index in [4.69, 9.17) is 10.2 Å². The van der Waals surface area contributed by atoms with Crippen LogP contribution in [0.2, 0.25) is 0 Å². The van der Waals surface area contributed by atoms with E-state index in [1.54, 1.807) is 6.07 Å². The Hall–Kier alpha value is -1.22. The molecule has 0 bridgehead atoms. The molecule has 0 saturated carbocycles. The van der Waals surface area contributed by atoms with Crippen molar-refractivity contribution < 1.29 is 15.3 Å². The molecule has 0 aromatic heterocycles. The highest BCUT2D eigenvalue weighted by molar-refractivity contribution is 5.42. The van der Waals surface area contributed by atoms with Crippen molar-refractivity contribution in [3.8, 4) is 11.5 Å². The van der Waals surface area contributed by atoms with Crippen molar-refractivity contribution in [2.24, 2.45) is 0 Å². The first-order valence-corrected chi connectivity index (χ1v) is 4.11. The van der Waals surface area contributed by atoms with Gasteiger partial charge in [-0.1, -0.05) is 19.9 Å². The predicted octanol–water partition coefficient (Wildman–Crippen LogP) is 1.37. The number of hydrogen-bond donors (Lipinski definition) is 3. The molecule has 0 aliphatic heterocycles. The van der Waals surface area contributed by atoms with Gasteiger partial charge in [0.25, 0.3) is 0 Å². The molecule has 1 aromatic rings. The van der Waals surface area contributed by atoms with Crippen LogP contribution in [0.25, 0.3) is 0 Å². The van der Waals surface area contributed by atoms with Gasteiger partial charge in [-0.25, -0.2) is 0 Å². The molecule has 0 heterocycles. The van der Waals surface area contributed by atoms with Crippen LogP contribution in [0, 0.1) is 0 Å². The van der Waals surface area contributed by atoms with Crippen LogP contribution in [0.4, 0.5) is 0 Å². The van der Waals surface area contributed by atoms with E-state index in [9.17, 15) is 5.11 Å². The molecule has 0 radical (unpaired) electrons. The number of phenolic OH excluding ortho intramolecular Hbond substituents is 2. The molecular formula is C10H14O3. The van der Waals surface area contributed by atoms with Crippen LogP contribution in [0.1, 0.15) is 19.4 Å². The third kappa shape index (κ3) is 1.92.